The van der Waals surface area contributed by atoms with Gasteiger partial charge in [0, 0.05) is 0 Å². The fourth-order valence-electron chi connectivity index (χ4n) is 2.55. The van der Waals surface area contributed by atoms with Crippen LogP contribution in [0.1, 0.15) is 45.4 Å². The molecule has 0 fully saturated rings. The third kappa shape index (κ3) is 8.38. The zero-order chi connectivity index (χ0) is 21.1. The van der Waals surface area contributed by atoms with Crippen molar-refractivity contribution in [2.75, 3.05) is 6.79 Å². The average Bonchev–Trinajstić information content (AvgIpc) is 3.42. The van der Waals surface area contributed by atoms with Crippen LogP contribution in [0.15, 0.2) is 66.7 Å². The molecule has 0 amide bonds. The van der Waals surface area contributed by atoms with Crippen molar-refractivity contribution in [3.05, 3.63) is 83.4 Å². The summed E-state index contributed by atoms with van der Waals surface area (Å²) in [4.78, 5) is 0. The number of hydrogen-bond acceptors (Lipinski definition) is 5. The van der Waals surface area contributed by atoms with Crippen molar-refractivity contribution < 1.29 is 9.47 Å². The zero-order valence-electron chi connectivity index (χ0n) is 17.7. The third-order valence-corrected chi connectivity index (χ3v) is 4.56. The van der Waals surface area contributed by atoms with Gasteiger partial charge in [0.25, 0.3) is 0 Å². The first-order chi connectivity index (χ1) is 14.1. The summed E-state index contributed by atoms with van der Waals surface area (Å²) in [6, 6.07) is 22.2. The molecule has 5 rings (SSSR count). The summed E-state index contributed by atoms with van der Waals surface area (Å²) in [6.07, 6.45) is 0. The first kappa shape index (κ1) is 28.1. The zero-order valence-corrected chi connectivity index (χ0v) is 18.5. The van der Waals surface area contributed by atoms with Gasteiger partial charge in [-0.2, -0.15) is 8.75 Å². The van der Waals surface area contributed by atoms with Gasteiger partial charge in [0.05, 0.1) is 11.7 Å². The molecule has 4 aromatic rings. The van der Waals surface area contributed by atoms with Crippen molar-refractivity contribution in [2.45, 2.75) is 49.5 Å². The quantitative estimate of drug-likeness (QED) is 0.278. The van der Waals surface area contributed by atoms with Crippen molar-refractivity contribution >= 4 is 22.8 Å². The fourth-order valence-corrected chi connectivity index (χ4v) is 3.15. The lowest BCUT2D eigenvalue weighted by Crippen LogP contribution is -1.93. The summed E-state index contributed by atoms with van der Waals surface area (Å²) in [5.41, 5.74) is 5.70. The van der Waals surface area contributed by atoms with E-state index in [4.69, 9.17) is 9.47 Å². The summed E-state index contributed by atoms with van der Waals surface area (Å²) in [7, 11) is 0. The maximum atomic E-state index is 5.21. The van der Waals surface area contributed by atoms with Crippen LogP contribution in [-0.2, 0) is 0 Å². The van der Waals surface area contributed by atoms with E-state index in [1.165, 1.54) is 22.9 Å². The molecule has 4 nitrogen and oxygen atoms in total. The molecular formula is C26H36N2O2S. The molecule has 3 aromatic carbocycles. The second-order valence-electron chi connectivity index (χ2n) is 6.17. The molecule has 0 N–H and O–H groups in total. The molecular weight excluding hydrogens is 404 g/mol. The molecule has 0 unspecified atom stereocenters. The molecule has 31 heavy (non-hydrogen) atoms. The molecule has 0 saturated carbocycles. The van der Waals surface area contributed by atoms with E-state index in [0.717, 1.165) is 28.1 Å². The van der Waals surface area contributed by atoms with Crippen LogP contribution >= 0.6 is 11.7 Å². The molecule has 0 spiro atoms. The first-order valence-corrected chi connectivity index (χ1v) is 10.4. The van der Waals surface area contributed by atoms with Gasteiger partial charge in [-0.25, -0.2) is 0 Å². The molecule has 0 atom stereocenters. The molecule has 5 heteroatoms. The Hall–Kier alpha value is -2.92. The van der Waals surface area contributed by atoms with Crippen LogP contribution in [0, 0.1) is 20.8 Å². The molecule has 1 aliphatic rings. The Morgan fingerprint density at radius 1 is 0.710 bits per heavy atom. The molecule has 1 aromatic heterocycles. The van der Waals surface area contributed by atoms with Gasteiger partial charge in [-0.3, -0.25) is 0 Å². The molecule has 2 heterocycles. The second kappa shape index (κ2) is 15.0. The molecule has 168 valence electrons. The first-order valence-electron chi connectivity index (χ1n) is 9.70. The SMILES string of the molecule is C.C.CC.Cc1cccc2c1OCO2.Cc1cccc2nsnc12.Cc1ccccc1. The van der Waals surface area contributed by atoms with Gasteiger partial charge in [-0.15, -0.1) is 0 Å². The van der Waals surface area contributed by atoms with Gasteiger partial charge >= 0.3 is 0 Å². The third-order valence-electron chi connectivity index (χ3n) is 4.02. The number of rotatable bonds is 0. The normalized spacial score (nSPS) is 9.97. The number of benzene rings is 3. The number of fused-ring (bicyclic) bond motifs is 2. The molecule has 0 radical (unpaired) electrons. The predicted octanol–water partition coefficient (Wildman–Crippen LogP) is 8.02. The highest BCUT2D eigenvalue weighted by Gasteiger charge is 2.13. The van der Waals surface area contributed by atoms with Gasteiger partial charge in [0.15, 0.2) is 11.5 Å². The number of nitrogens with zero attached hydrogens (tertiary/aromatic N) is 2. The highest BCUT2D eigenvalue weighted by atomic mass is 32.1. The monoisotopic (exact) mass is 440 g/mol. The Morgan fingerprint density at radius 2 is 1.35 bits per heavy atom. The van der Waals surface area contributed by atoms with Gasteiger partial charge in [0.1, 0.15) is 11.0 Å². The largest absolute Gasteiger partial charge is 0.454 e. The predicted molar refractivity (Wildman–Crippen MR) is 135 cm³/mol. The molecule has 0 aliphatic carbocycles. The Morgan fingerprint density at radius 3 is 1.94 bits per heavy atom. The van der Waals surface area contributed by atoms with Crippen molar-refractivity contribution in [1.29, 1.82) is 0 Å². The Balaban J connectivity index is 0.000000412. The fraction of sp³-hybridized carbons (Fsp3) is 0.308. The summed E-state index contributed by atoms with van der Waals surface area (Å²) in [6.45, 7) is 10.5. The Bertz CT molecular complexity index is 1000. The van der Waals surface area contributed by atoms with E-state index in [1.807, 2.05) is 82.3 Å². The number of para-hydroxylation sites is 1. The molecule has 1 aliphatic heterocycles. The van der Waals surface area contributed by atoms with E-state index in [2.05, 4.69) is 27.8 Å². The lowest BCUT2D eigenvalue weighted by atomic mass is 10.2. The maximum Gasteiger partial charge on any atom is 0.231 e. The number of aryl methyl sites for hydroxylation is 3. The minimum Gasteiger partial charge on any atom is -0.454 e. The van der Waals surface area contributed by atoms with E-state index in [-0.39, 0.29) is 14.9 Å². The van der Waals surface area contributed by atoms with Crippen molar-refractivity contribution in [3.63, 3.8) is 0 Å². The second-order valence-corrected chi connectivity index (χ2v) is 6.70. The van der Waals surface area contributed by atoms with Gasteiger partial charge in [0.2, 0.25) is 6.79 Å². The van der Waals surface area contributed by atoms with E-state index in [9.17, 15) is 0 Å². The minimum atomic E-state index is 0. The van der Waals surface area contributed by atoms with E-state index >= 15 is 0 Å². The lowest BCUT2D eigenvalue weighted by molar-refractivity contribution is 0.173. The van der Waals surface area contributed by atoms with Gasteiger partial charge in [-0.05, 0) is 44.0 Å². The number of hydrogen-bond donors (Lipinski definition) is 0. The van der Waals surface area contributed by atoms with Crippen molar-refractivity contribution in [2.24, 2.45) is 0 Å². The highest BCUT2D eigenvalue weighted by molar-refractivity contribution is 7.00. The van der Waals surface area contributed by atoms with Crippen LogP contribution < -0.4 is 9.47 Å². The molecule has 0 bridgehead atoms. The number of ether oxygens (including phenoxy) is 2. The average molecular weight is 441 g/mol. The Kier molecular flexibility index (Phi) is 13.6. The molecule has 0 saturated heterocycles. The van der Waals surface area contributed by atoms with E-state index in [0.29, 0.717) is 6.79 Å². The van der Waals surface area contributed by atoms with Gasteiger partial charge < -0.3 is 9.47 Å². The Labute approximate surface area is 192 Å². The summed E-state index contributed by atoms with van der Waals surface area (Å²) >= 11 is 1.27. The van der Waals surface area contributed by atoms with Crippen LogP contribution in [0.2, 0.25) is 0 Å². The van der Waals surface area contributed by atoms with E-state index < -0.39 is 0 Å². The summed E-state index contributed by atoms with van der Waals surface area (Å²) in [5.74, 6) is 1.75. The number of aromatic nitrogens is 2. The van der Waals surface area contributed by atoms with Crippen molar-refractivity contribution in [1.82, 2.24) is 8.75 Å². The minimum absolute atomic E-state index is 0. The highest BCUT2D eigenvalue weighted by Crippen LogP contribution is 2.34. The topological polar surface area (TPSA) is 44.2 Å². The standard InChI is InChI=1S/C8H8O2.C7H6N2S.C7H8.C2H6.2CH4/c1-6-3-2-4-7-8(6)10-5-9-7;1-5-3-2-4-6-7(5)9-10-8-6;1-7-5-3-2-4-6-7;1-2;;/h2-4H,5H2,1H3;2-4H,1H3;2-6H,1H3;1-2H3;2*1H4. The van der Waals surface area contributed by atoms with Gasteiger partial charge in [-0.1, -0.05) is 88.9 Å². The summed E-state index contributed by atoms with van der Waals surface area (Å²) < 4.78 is 18.6. The van der Waals surface area contributed by atoms with Crippen LogP contribution in [0.3, 0.4) is 0 Å². The summed E-state index contributed by atoms with van der Waals surface area (Å²) in [5, 5.41) is 0. The smallest absolute Gasteiger partial charge is 0.231 e. The maximum absolute atomic E-state index is 5.21. The van der Waals surface area contributed by atoms with Crippen LogP contribution in [0.5, 0.6) is 11.5 Å². The van der Waals surface area contributed by atoms with Crippen LogP contribution in [0.25, 0.3) is 11.0 Å². The van der Waals surface area contributed by atoms with E-state index in [1.54, 1.807) is 0 Å². The van der Waals surface area contributed by atoms with Crippen LogP contribution in [0.4, 0.5) is 0 Å². The van der Waals surface area contributed by atoms with Crippen molar-refractivity contribution in [3.8, 4) is 11.5 Å². The van der Waals surface area contributed by atoms with Crippen LogP contribution in [-0.4, -0.2) is 15.5 Å². The lowest BCUT2D eigenvalue weighted by Gasteiger charge is -1.96.